The SMILES string of the molecule is CNCC#Cc1cnc2[nH]cc([N+](=O)[O-])c2c1. The van der Waals surface area contributed by atoms with Gasteiger partial charge in [0.1, 0.15) is 5.65 Å². The normalized spacial score (nSPS) is 9.94. The third kappa shape index (κ3) is 2.24. The summed E-state index contributed by atoms with van der Waals surface area (Å²) in [5, 5.41) is 14.1. The Morgan fingerprint density at radius 3 is 3.18 bits per heavy atom. The fourth-order valence-corrected chi connectivity index (χ4v) is 1.44. The van der Waals surface area contributed by atoms with Gasteiger partial charge >= 0.3 is 0 Å². The zero-order chi connectivity index (χ0) is 12.3. The highest BCUT2D eigenvalue weighted by atomic mass is 16.6. The standard InChI is InChI=1S/C11H10N4O2/c1-12-4-2-3-8-5-9-10(15(16)17)7-14-11(9)13-6-8/h5-7,12H,4H2,1H3,(H,13,14). The first kappa shape index (κ1) is 11.1. The second-order valence-corrected chi connectivity index (χ2v) is 3.38. The molecule has 6 heteroatoms. The van der Waals surface area contributed by atoms with Gasteiger partial charge in [0.05, 0.1) is 23.1 Å². The molecule has 17 heavy (non-hydrogen) atoms. The molecule has 0 aromatic carbocycles. The van der Waals surface area contributed by atoms with E-state index in [-0.39, 0.29) is 5.69 Å². The van der Waals surface area contributed by atoms with Crippen molar-refractivity contribution in [1.82, 2.24) is 15.3 Å². The van der Waals surface area contributed by atoms with Crippen LogP contribution in [0.2, 0.25) is 0 Å². The van der Waals surface area contributed by atoms with Crippen LogP contribution in [0.1, 0.15) is 5.56 Å². The maximum atomic E-state index is 10.8. The van der Waals surface area contributed by atoms with Crippen LogP contribution in [0, 0.1) is 22.0 Å². The topological polar surface area (TPSA) is 83.8 Å². The highest BCUT2D eigenvalue weighted by Gasteiger charge is 2.14. The predicted octanol–water partition coefficient (Wildman–Crippen LogP) is 1.04. The number of nitrogens with zero attached hydrogens (tertiary/aromatic N) is 2. The minimum atomic E-state index is -0.439. The van der Waals surface area contributed by atoms with Gasteiger partial charge in [-0.2, -0.15) is 0 Å². The van der Waals surface area contributed by atoms with E-state index in [4.69, 9.17) is 0 Å². The van der Waals surface area contributed by atoms with Crippen LogP contribution >= 0.6 is 0 Å². The number of rotatable bonds is 2. The molecule has 0 saturated heterocycles. The molecule has 0 spiro atoms. The number of aromatic nitrogens is 2. The number of hydrogen-bond donors (Lipinski definition) is 2. The van der Waals surface area contributed by atoms with Crippen LogP contribution in [0.25, 0.3) is 11.0 Å². The van der Waals surface area contributed by atoms with Crippen molar-refractivity contribution in [3.05, 3.63) is 34.1 Å². The average Bonchev–Trinajstić information content (AvgIpc) is 2.72. The molecule has 0 saturated carbocycles. The summed E-state index contributed by atoms with van der Waals surface area (Å²) in [7, 11) is 1.80. The van der Waals surface area contributed by atoms with Crippen molar-refractivity contribution in [1.29, 1.82) is 0 Å². The van der Waals surface area contributed by atoms with E-state index in [9.17, 15) is 10.1 Å². The first-order chi connectivity index (χ1) is 8.22. The zero-order valence-corrected chi connectivity index (χ0v) is 9.15. The Bertz CT molecular complexity index is 621. The van der Waals surface area contributed by atoms with E-state index in [1.54, 1.807) is 19.3 Å². The molecule has 0 aliphatic rings. The van der Waals surface area contributed by atoms with Crippen molar-refractivity contribution < 1.29 is 4.92 Å². The van der Waals surface area contributed by atoms with Crippen molar-refractivity contribution in [3.63, 3.8) is 0 Å². The van der Waals surface area contributed by atoms with Gasteiger partial charge in [0.25, 0.3) is 5.69 Å². The number of pyridine rings is 1. The third-order valence-electron chi connectivity index (χ3n) is 2.20. The quantitative estimate of drug-likeness (QED) is 0.458. The fraction of sp³-hybridized carbons (Fsp3) is 0.182. The van der Waals surface area contributed by atoms with Gasteiger partial charge in [-0.1, -0.05) is 11.8 Å². The predicted molar refractivity (Wildman–Crippen MR) is 63.6 cm³/mol. The minimum Gasteiger partial charge on any atom is -0.340 e. The lowest BCUT2D eigenvalue weighted by Crippen LogP contribution is -2.04. The lowest BCUT2D eigenvalue weighted by atomic mass is 10.2. The maximum absolute atomic E-state index is 10.8. The van der Waals surface area contributed by atoms with Crippen LogP contribution < -0.4 is 5.32 Å². The summed E-state index contributed by atoms with van der Waals surface area (Å²) in [5.74, 6) is 5.76. The van der Waals surface area contributed by atoms with Crippen LogP contribution in [0.4, 0.5) is 5.69 Å². The first-order valence-corrected chi connectivity index (χ1v) is 4.97. The van der Waals surface area contributed by atoms with Crippen molar-refractivity contribution in [2.75, 3.05) is 13.6 Å². The lowest BCUT2D eigenvalue weighted by Gasteiger charge is -1.92. The van der Waals surface area contributed by atoms with E-state index in [1.165, 1.54) is 6.20 Å². The summed E-state index contributed by atoms with van der Waals surface area (Å²) in [6.07, 6.45) is 2.92. The van der Waals surface area contributed by atoms with Crippen molar-refractivity contribution in [2.45, 2.75) is 0 Å². The molecule has 0 radical (unpaired) electrons. The second-order valence-electron chi connectivity index (χ2n) is 3.38. The van der Waals surface area contributed by atoms with E-state index in [2.05, 4.69) is 27.1 Å². The molecule has 2 rings (SSSR count). The summed E-state index contributed by atoms with van der Waals surface area (Å²) < 4.78 is 0. The van der Waals surface area contributed by atoms with Gasteiger partial charge in [-0.25, -0.2) is 4.98 Å². The van der Waals surface area contributed by atoms with Crippen LogP contribution in [-0.2, 0) is 0 Å². The van der Waals surface area contributed by atoms with Gasteiger partial charge in [-0.3, -0.25) is 10.1 Å². The number of aromatic amines is 1. The van der Waals surface area contributed by atoms with Crippen molar-refractivity contribution in [2.24, 2.45) is 0 Å². The Hall–Kier alpha value is -2.39. The summed E-state index contributed by atoms with van der Waals surface area (Å²) >= 11 is 0. The molecule has 6 nitrogen and oxygen atoms in total. The molecule has 2 aromatic heterocycles. The molecule has 0 unspecified atom stereocenters. The van der Waals surface area contributed by atoms with E-state index in [1.807, 2.05) is 0 Å². The van der Waals surface area contributed by atoms with Gasteiger partial charge in [0.2, 0.25) is 0 Å². The number of fused-ring (bicyclic) bond motifs is 1. The smallest absolute Gasteiger partial charge is 0.296 e. The number of hydrogen-bond acceptors (Lipinski definition) is 4. The fourth-order valence-electron chi connectivity index (χ4n) is 1.44. The van der Waals surface area contributed by atoms with Crippen LogP contribution in [0.3, 0.4) is 0 Å². The number of H-pyrrole nitrogens is 1. The third-order valence-corrected chi connectivity index (χ3v) is 2.20. The van der Waals surface area contributed by atoms with Crippen molar-refractivity contribution in [3.8, 4) is 11.8 Å². The molecule has 2 N–H and O–H groups in total. The summed E-state index contributed by atoms with van der Waals surface area (Å²) in [5.41, 5.74) is 1.18. The minimum absolute atomic E-state index is 0.0183. The Balaban J connectivity index is 2.45. The molecule has 0 bridgehead atoms. The Morgan fingerprint density at radius 2 is 2.47 bits per heavy atom. The van der Waals surface area contributed by atoms with Crippen LogP contribution in [-0.4, -0.2) is 28.5 Å². The van der Waals surface area contributed by atoms with E-state index in [0.717, 1.165) is 0 Å². The van der Waals surface area contributed by atoms with E-state index in [0.29, 0.717) is 23.1 Å². The molecule has 0 fully saturated rings. The van der Waals surface area contributed by atoms with Gasteiger partial charge < -0.3 is 10.3 Å². The van der Waals surface area contributed by atoms with E-state index < -0.39 is 4.92 Å². The molecular weight excluding hydrogens is 220 g/mol. The summed E-state index contributed by atoms with van der Waals surface area (Å²) in [4.78, 5) is 17.2. The Labute approximate surface area is 97.2 Å². The van der Waals surface area contributed by atoms with Crippen LogP contribution in [0.5, 0.6) is 0 Å². The van der Waals surface area contributed by atoms with Gasteiger partial charge in [0.15, 0.2) is 0 Å². The molecule has 0 amide bonds. The van der Waals surface area contributed by atoms with Gasteiger partial charge in [0, 0.05) is 11.8 Å². The molecule has 0 aliphatic heterocycles. The molecule has 0 atom stereocenters. The zero-order valence-electron chi connectivity index (χ0n) is 9.15. The number of nitro groups is 1. The van der Waals surface area contributed by atoms with Crippen molar-refractivity contribution >= 4 is 16.7 Å². The lowest BCUT2D eigenvalue weighted by molar-refractivity contribution is -0.383. The van der Waals surface area contributed by atoms with Gasteiger partial charge in [-0.05, 0) is 13.1 Å². The molecule has 0 aliphatic carbocycles. The molecule has 2 aromatic rings. The summed E-state index contributed by atoms with van der Waals surface area (Å²) in [6.45, 7) is 0.563. The maximum Gasteiger partial charge on any atom is 0.296 e. The highest BCUT2D eigenvalue weighted by Crippen LogP contribution is 2.23. The largest absolute Gasteiger partial charge is 0.340 e. The number of nitrogens with one attached hydrogen (secondary N) is 2. The highest BCUT2D eigenvalue weighted by molar-refractivity contribution is 5.86. The van der Waals surface area contributed by atoms with Gasteiger partial charge in [-0.15, -0.1) is 0 Å². The Kier molecular flexibility index (Phi) is 3.03. The molecule has 86 valence electrons. The molecule has 2 heterocycles. The van der Waals surface area contributed by atoms with Crippen LogP contribution in [0.15, 0.2) is 18.5 Å². The molecular formula is C11H10N4O2. The Morgan fingerprint density at radius 1 is 1.65 bits per heavy atom. The average molecular weight is 230 g/mol. The first-order valence-electron chi connectivity index (χ1n) is 4.97. The second kappa shape index (κ2) is 4.63. The summed E-state index contributed by atoms with van der Waals surface area (Å²) in [6, 6.07) is 1.67. The monoisotopic (exact) mass is 230 g/mol. The van der Waals surface area contributed by atoms with E-state index >= 15 is 0 Å².